The van der Waals surface area contributed by atoms with Crippen molar-refractivity contribution >= 4 is 21.8 Å². The Morgan fingerprint density at radius 2 is 1.81 bits per heavy atom. The molecule has 7 nitrogen and oxygen atoms in total. The average molecular weight is 424 g/mol. The number of benzene rings is 2. The molecule has 6 rings (SSSR count). The molecule has 0 radical (unpaired) electrons. The van der Waals surface area contributed by atoms with Crippen LogP contribution in [-0.2, 0) is 7.05 Å². The van der Waals surface area contributed by atoms with E-state index in [2.05, 4.69) is 31.3 Å². The van der Waals surface area contributed by atoms with E-state index in [-0.39, 0.29) is 5.75 Å². The van der Waals surface area contributed by atoms with Gasteiger partial charge in [-0.2, -0.15) is 10.2 Å². The molecule has 0 atom stereocenters. The van der Waals surface area contributed by atoms with Gasteiger partial charge in [0.05, 0.1) is 29.1 Å². The lowest BCUT2D eigenvalue weighted by Crippen LogP contribution is -1.84. The normalized spacial score (nSPS) is 11.6. The molecule has 0 amide bonds. The van der Waals surface area contributed by atoms with Gasteiger partial charge in [-0.05, 0) is 41.5 Å². The molecule has 0 unspecified atom stereocenters. The molecule has 0 bridgehead atoms. The Morgan fingerprint density at radius 3 is 2.62 bits per heavy atom. The molecule has 4 heterocycles. The van der Waals surface area contributed by atoms with E-state index in [0.717, 1.165) is 56.0 Å². The molecule has 0 fully saturated rings. The second kappa shape index (κ2) is 6.78. The molecule has 0 aliphatic rings. The number of phenolic OH excluding ortho intramolecular Hbond substituents is 1. The van der Waals surface area contributed by atoms with Crippen LogP contribution in [-0.4, -0.2) is 35.1 Å². The molecule has 0 aliphatic carbocycles. The van der Waals surface area contributed by atoms with E-state index in [1.54, 1.807) is 17.1 Å². The van der Waals surface area contributed by atoms with E-state index >= 15 is 0 Å². The standard InChI is InChI=1S/C24H17FN6O/c1-31-12-15(9-27-31)13-2-3-21-19(6-13)24(30-29-21)22-8-18-20(10-26-11-23(18)28-22)14-4-16(25)7-17(32)5-14/h2-12,28,32H,1H3,(H,29,30). The maximum Gasteiger partial charge on any atom is 0.127 e. The number of halogens is 1. The fraction of sp³-hybridized carbons (Fsp3) is 0.0417. The Morgan fingerprint density at radius 1 is 0.906 bits per heavy atom. The Kier molecular flexibility index (Phi) is 3.88. The van der Waals surface area contributed by atoms with Crippen LogP contribution in [0.2, 0.25) is 0 Å². The van der Waals surface area contributed by atoms with Gasteiger partial charge in [-0.1, -0.05) is 6.07 Å². The second-order valence-corrected chi connectivity index (χ2v) is 7.76. The summed E-state index contributed by atoms with van der Waals surface area (Å²) in [6, 6.07) is 12.1. The van der Waals surface area contributed by atoms with Gasteiger partial charge in [0.2, 0.25) is 0 Å². The molecular weight excluding hydrogens is 407 g/mol. The quantitative estimate of drug-likeness (QED) is 0.372. The van der Waals surface area contributed by atoms with Gasteiger partial charge < -0.3 is 10.1 Å². The van der Waals surface area contributed by atoms with E-state index in [0.29, 0.717) is 5.56 Å². The molecule has 0 spiro atoms. The largest absolute Gasteiger partial charge is 0.508 e. The molecule has 3 N–H and O–H groups in total. The third-order valence-electron chi connectivity index (χ3n) is 5.60. The van der Waals surface area contributed by atoms with Gasteiger partial charge >= 0.3 is 0 Å². The molecule has 0 saturated heterocycles. The van der Waals surface area contributed by atoms with Crippen LogP contribution >= 0.6 is 0 Å². The Labute approximate surface area is 181 Å². The summed E-state index contributed by atoms with van der Waals surface area (Å²) in [5.74, 6) is -0.636. The summed E-state index contributed by atoms with van der Waals surface area (Å²) in [5.41, 5.74) is 6.63. The second-order valence-electron chi connectivity index (χ2n) is 7.76. The highest BCUT2D eigenvalue weighted by Gasteiger charge is 2.15. The van der Waals surface area contributed by atoms with Gasteiger partial charge in [0.1, 0.15) is 17.3 Å². The van der Waals surface area contributed by atoms with Crippen LogP contribution in [0.1, 0.15) is 0 Å². The predicted octanol–water partition coefficient (Wildman–Crippen LogP) is 5.02. The number of nitrogens with one attached hydrogen (secondary N) is 2. The third kappa shape index (κ3) is 2.92. The molecule has 0 aliphatic heterocycles. The average Bonchev–Trinajstić information content (AvgIpc) is 3.49. The summed E-state index contributed by atoms with van der Waals surface area (Å²) in [4.78, 5) is 7.66. The SMILES string of the molecule is Cn1cc(-c2ccc3[nH]nc(-c4cc5c(-c6cc(O)cc(F)c6)cncc5[nH]4)c3c2)cn1. The van der Waals surface area contributed by atoms with E-state index in [4.69, 9.17) is 0 Å². The molecule has 2 aromatic carbocycles. The molecule has 32 heavy (non-hydrogen) atoms. The first-order valence-electron chi connectivity index (χ1n) is 9.99. The molecule has 6 aromatic rings. The van der Waals surface area contributed by atoms with Gasteiger partial charge in [-0.25, -0.2) is 4.39 Å². The number of aryl methyl sites for hydroxylation is 1. The minimum Gasteiger partial charge on any atom is -0.508 e. The van der Waals surface area contributed by atoms with Crippen LogP contribution in [0.4, 0.5) is 4.39 Å². The summed E-state index contributed by atoms with van der Waals surface area (Å²) < 4.78 is 15.7. The van der Waals surface area contributed by atoms with Crippen molar-refractivity contribution in [1.82, 2.24) is 29.9 Å². The van der Waals surface area contributed by atoms with E-state index in [1.807, 2.05) is 37.6 Å². The van der Waals surface area contributed by atoms with Crippen LogP contribution in [0.5, 0.6) is 5.75 Å². The smallest absolute Gasteiger partial charge is 0.127 e. The first-order chi connectivity index (χ1) is 15.5. The summed E-state index contributed by atoms with van der Waals surface area (Å²) in [5, 5.41) is 23.5. The highest BCUT2D eigenvalue weighted by Crippen LogP contribution is 2.35. The number of H-pyrrole nitrogens is 2. The van der Waals surface area contributed by atoms with Crippen LogP contribution in [0.15, 0.2) is 67.3 Å². The summed E-state index contributed by atoms with van der Waals surface area (Å²) in [6.07, 6.45) is 7.18. The molecule has 8 heteroatoms. The van der Waals surface area contributed by atoms with Crippen LogP contribution in [0.3, 0.4) is 0 Å². The van der Waals surface area contributed by atoms with Crippen molar-refractivity contribution in [3.63, 3.8) is 0 Å². The fourth-order valence-corrected chi connectivity index (χ4v) is 4.11. The van der Waals surface area contributed by atoms with Crippen molar-refractivity contribution < 1.29 is 9.50 Å². The van der Waals surface area contributed by atoms with Crippen LogP contribution in [0, 0.1) is 5.82 Å². The van der Waals surface area contributed by atoms with E-state index < -0.39 is 5.82 Å². The summed E-state index contributed by atoms with van der Waals surface area (Å²) in [6.45, 7) is 0. The number of hydrogen-bond acceptors (Lipinski definition) is 4. The molecule has 0 saturated carbocycles. The number of fused-ring (bicyclic) bond motifs is 2. The maximum absolute atomic E-state index is 13.9. The van der Waals surface area contributed by atoms with Gasteiger partial charge in [-0.3, -0.25) is 14.8 Å². The third-order valence-corrected chi connectivity index (χ3v) is 5.60. The Balaban J connectivity index is 1.51. The van der Waals surface area contributed by atoms with Gasteiger partial charge in [0, 0.05) is 47.4 Å². The van der Waals surface area contributed by atoms with Crippen molar-refractivity contribution in [1.29, 1.82) is 0 Å². The zero-order chi connectivity index (χ0) is 21.8. The van der Waals surface area contributed by atoms with Crippen molar-refractivity contribution in [3.05, 3.63) is 73.1 Å². The lowest BCUT2D eigenvalue weighted by atomic mass is 10.0. The van der Waals surface area contributed by atoms with Gasteiger partial charge in [0.15, 0.2) is 0 Å². The van der Waals surface area contributed by atoms with Crippen molar-refractivity contribution in [3.8, 4) is 39.4 Å². The first-order valence-corrected chi connectivity index (χ1v) is 9.99. The van der Waals surface area contributed by atoms with Crippen molar-refractivity contribution in [2.75, 3.05) is 0 Å². The molecule has 156 valence electrons. The number of nitrogens with zero attached hydrogens (tertiary/aromatic N) is 4. The zero-order valence-electron chi connectivity index (χ0n) is 17.0. The van der Waals surface area contributed by atoms with Crippen LogP contribution < -0.4 is 0 Å². The number of aromatic hydroxyl groups is 1. The number of pyridine rings is 1. The number of aromatic amines is 2. The minimum atomic E-state index is -0.506. The monoisotopic (exact) mass is 424 g/mol. The van der Waals surface area contributed by atoms with Crippen LogP contribution in [0.25, 0.3) is 55.4 Å². The zero-order valence-corrected chi connectivity index (χ0v) is 17.0. The maximum atomic E-state index is 13.9. The van der Waals surface area contributed by atoms with E-state index in [1.165, 1.54) is 12.1 Å². The van der Waals surface area contributed by atoms with Crippen molar-refractivity contribution in [2.45, 2.75) is 0 Å². The topological polar surface area (TPSA) is 95.4 Å². The first kappa shape index (κ1) is 18.3. The predicted molar refractivity (Wildman–Crippen MR) is 120 cm³/mol. The lowest BCUT2D eigenvalue weighted by molar-refractivity contribution is 0.469. The fourth-order valence-electron chi connectivity index (χ4n) is 4.11. The highest BCUT2D eigenvalue weighted by atomic mass is 19.1. The number of aromatic nitrogens is 6. The Hall–Kier alpha value is -4.46. The Bertz CT molecular complexity index is 1610. The minimum absolute atomic E-state index is 0.131. The van der Waals surface area contributed by atoms with Gasteiger partial charge in [0.25, 0.3) is 0 Å². The summed E-state index contributed by atoms with van der Waals surface area (Å²) in [7, 11) is 1.89. The molecular formula is C24H17FN6O. The highest BCUT2D eigenvalue weighted by molar-refractivity contribution is 6.01. The van der Waals surface area contributed by atoms with E-state index in [9.17, 15) is 9.50 Å². The molecule has 4 aromatic heterocycles. The number of hydrogen-bond donors (Lipinski definition) is 3. The summed E-state index contributed by atoms with van der Waals surface area (Å²) >= 11 is 0. The number of phenols is 1. The van der Waals surface area contributed by atoms with Gasteiger partial charge in [-0.15, -0.1) is 0 Å². The lowest BCUT2D eigenvalue weighted by Gasteiger charge is -2.04. The van der Waals surface area contributed by atoms with Crippen molar-refractivity contribution in [2.24, 2.45) is 7.05 Å². The number of rotatable bonds is 3.